The Hall–Kier alpha value is -2.49. The van der Waals surface area contributed by atoms with E-state index in [0.717, 1.165) is 22.7 Å². The Morgan fingerprint density at radius 3 is 2.41 bits per heavy atom. The van der Waals surface area contributed by atoms with Crippen LogP contribution in [0.2, 0.25) is 0 Å². The van der Waals surface area contributed by atoms with E-state index < -0.39 is 6.10 Å². The molecule has 1 unspecified atom stereocenters. The van der Waals surface area contributed by atoms with Crippen molar-refractivity contribution in [1.82, 2.24) is 0 Å². The van der Waals surface area contributed by atoms with Crippen molar-refractivity contribution >= 4 is 11.6 Å². The van der Waals surface area contributed by atoms with Gasteiger partial charge in [-0.1, -0.05) is 25.1 Å². The highest BCUT2D eigenvalue weighted by Gasteiger charge is 2.19. The number of para-hydroxylation sites is 1. The molecule has 0 fully saturated rings. The second kappa shape index (κ2) is 7.50. The summed E-state index contributed by atoms with van der Waals surface area (Å²) in [5.74, 6) is 1.33. The number of aryl methyl sites for hydroxylation is 1. The van der Waals surface area contributed by atoms with Crippen LogP contribution >= 0.6 is 0 Å². The molecule has 0 aliphatic rings. The van der Waals surface area contributed by atoms with E-state index in [1.807, 2.05) is 38.1 Å². The predicted octanol–water partition coefficient (Wildman–Crippen LogP) is 3.80. The van der Waals surface area contributed by atoms with Crippen LogP contribution in [0.15, 0.2) is 48.5 Å². The van der Waals surface area contributed by atoms with E-state index >= 15 is 0 Å². The Balaban J connectivity index is 2.03. The van der Waals surface area contributed by atoms with E-state index in [0.29, 0.717) is 6.42 Å². The first-order valence-electron chi connectivity index (χ1n) is 7.31. The minimum Gasteiger partial charge on any atom is -0.497 e. The van der Waals surface area contributed by atoms with Gasteiger partial charge < -0.3 is 14.8 Å². The highest BCUT2D eigenvalue weighted by Crippen LogP contribution is 2.20. The summed E-state index contributed by atoms with van der Waals surface area (Å²) in [5.41, 5.74) is 1.73. The maximum atomic E-state index is 12.3. The number of carbonyl (C=O) groups excluding carboxylic acids is 1. The number of amides is 1. The molecule has 116 valence electrons. The molecule has 4 heteroatoms. The van der Waals surface area contributed by atoms with Crippen LogP contribution in [-0.4, -0.2) is 19.1 Å². The standard InChI is InChI=1S/C18H21NO3/c1-4-16(22-17-8-6-5-7-13(17)2)18(20)19-14-9-11-15(21-3)12-10-14/h5-12,16H,4H2,1-3H3,(H,19,20). The summed E-state index contributed by atoms with van der Waals surface area (Å²) < 4.78 is 10.9. The first kappa shape index (κ1) is 15.9. The normalized spacial score (nSPS) is 11.6. The van der Waals surface area contributed by atoms with E-state index in [9.17, 15) is 4.79 Å². The first-order chi connectivity index (χ1) is 10.6. The lowest BCUT2D eigenvalue weighted by Gasteiger charge is -2.18. The molecular formula is C18H21NO3. The lowest BCUT2D eigenvalue weighted by molar-refractivity contribution is -0.122. The molecule has 0 aliphatic heterocycles. The fraction of sp³-hybridized carbons (Fsp3) is 0.278. The number of hydrogen-bond donors (Lipinski definition) is 1. The van der Waals surface area contributed by atoms with E-state index in [1.54, 1.807) is 31.4 Å². The molecule has 0 aromatic heterocycles. The third-order valence-corrected chi connectivity index (χ3v) is 3.38. The van der Waals surface area contributed by atoms with E-state index in [4.69, 9.17) is 9.47 Å². The zero-order chi connectivity index (χ0) is 15.9. The number of ether oxygens (including phenoxy) is 2. The Kier molecular flexibility index (Phi) is 5.42. The molecule has 0 saturated carbocycles. The molecule has 0 bridgehead atoms. The molecular weight excluding hydrogens is 278 g/mol. The van der Waals surface area contributed by atoms with Gasteiger partial charge in [0, 0.05) is 5.69 Å². The zero-order valence-electron chi connectivity index (χ0n) is 13.1. The second-order valence-electron chi connectivity index (χ2n) is 5.00. The van der Waals surface area contributed by atoms with Gasteiger partial charge in [-0.2, -0.15) is 0 Å². The molecule has 1 N–H and O–H groups in total. The van der Waals surface area contributed by atoms with Gasteiger partial charge >= 0.3 is 0 Å². The zero-order valence-corrected chi connectivity index (χ0v) is 13.1. The average molecular weight is 299 g/mol. The third-order valence-electron chi connectivity index (χ3n) is 3.38. The number of carbonyl (C=O) groups is 1. The van der Waals surface area contributed by atoms with Crippen molar-refractivity contribution in [2.24, 2.45) is 0 Å². The van der Waals surface area contributed by atoms with Gasteiger partial charge in [0.05, 0.1) is 7.11 Å². The van der Waals surface area contributed by atoms with Crippen molar-refractivity contribution in [3.63, 3.8) is 0 Å². The second-order valence-corrected chi connectivity index (χ2v) is 5.00. The van der Waals surface area contributed by atoms with Gasteiger partial charge in [0.25, 0.3) is 5.91 Å². The van der Waals surface area contributed by atoms with E-state index in [1.165, 1.54) is 0 Å². The molecule has 22 heavy (non-hydrogen) atoms. The number of benzene rings is 2. The molecule has 1 amide bonds. The smallest absolute Gasteiger partial charge is 0.265 e. The lowest BCUT2D eigenvalue weighted by atomic mass is 10.2. The van der Waals surface area contributed by atoms with E-state index in [-0.39, 0.29) is 5.91 Å². The molecule has 2 rings (SSSR count). The minimum absolute atomic E-state index is 0.157. The van der Waals surface area contributed by atoms with Gasteiger partial charge in [0.1, 0.15) is 11.5 Å². The van der Waals surface area contributed by atoms with Crippen LogP contribution in [0.1, 0.15) is 18.9 Å². The Morgan fingerprint density at radius 2 is 1.82 bits per heavy atom. The Morgan fingerprint density at radius 1 is 1.14 bits per heavy atom. The summed E-state index contributed by atoms with van der Waals surface area (Å²) in [6, 6.07) is 14.9. The molecule has 4 nitrogen and oxygen atoms in total. The van der Waals surface area contributed by atoms with Crippen molar-refractivity contribution < 1.29 is 14.3 Å². The largest absolute Gasteiger partial charge is 0.497 e. The number of hydrogen-bond acceptors (Lipinski definition) is 3. The van der Waals surface area contributed by atoms with Gasteiger partial charge in [-0.25, -0.2) is 0 Å². The van der Waals surface area contributed by atoms with Crippen LogP contribution in [0.5, 0.6) is 11.5 Å². The topological polar surface area (TPSA) is 47.6 Å². The van der Waals surface area contributed by atoms with Crippen molar-refractivity contribution in [2.45, 2.75) is 26.4 Å². The number of nitrogens with one attached hydrogen (secondary N) is 1. The highest BCUT2D eigenvalue weighted by molar-refractivity contribution is 5.94. The fourth-order valence-corrected chi connectivity index (χ4v) is 2.06. The number of anilines is 1. The van der Waals surface area contributed by atoms with Gasteiger partial charge in [0.2, 0.25) is 0 Å². The van der Waals surface area contributed by atoms with Crippen molar-refractivity contribution in [3.8, 4) is 11.5 Å². The third kappa shape index (κ3) is 4.01. The van der Waals surface area contributed by atoms with Gasteiger partial charge in [0.15, 0.2) is 6.10 Å². The quantitative estimate of drug-likeness (QED) is 0.882. The first-order valence-corrected chi connectivity index (χ1v) is 7.31. The van der Waals surface area contributed by atoms with Crippen molar-refractivity contribution in [1.29, 1.82) is 0 Å². The molecule has 2 aromatic rings. The van der Waals surface area contributed by atoms with E-state index in [2.05, 4.69) is 5.32 Å². The monoisotopic (exact) mass is 299 g/mol. The van der Waals surface area contributed by atoms with Crippen molar-refractivity contribution in [2.75, 3.05) is 12.4 Å². The fourth-order valence-electron chi connectivity index (χ4n) is 2.06. The van der Waals surface area contributed by atoms with Crippen LogP contribution in [-0.2, 0) is 4.79 Å². The highest BCUT2D eigenvalue weighted by atomic mass is 16.5. The van der Waals surface area contributed by atoms with Crippen LogP contribution in [0.25, 0.3) is 0 Å². The number of rotatable bonds is 6. The van der Waals surface area contributed by atoms with Crippen molar-refractivity contribution in [3.05, 3.63) is 54.1 Å². The summed E-state index contributed by atoms with van der Waals surface area (Å²) in [7, 11) is 1.61. The summed E-state index contributed by atoms with van der Waals surface area (Å²) >= 11 is 0. The van der Waals surface area contributed by atoms with Gasteiger partial charge in [-0.05, 0) is 49.2 Å². The lowest BCUT2D eigenvalue weighted by Crippen LogP contribution is -2.32. The Bertz CT molecular complexity index is 622. The molecule has 0 heterocycles. The average Bonchev–Trinajstić information content (AvgIpc) is 2.54. The molecule has 1 atom stereocenters. The van der Waals surface area contributed by atoms with Crippen LogP contribution in [0.4, 0.5) is 5.69 Å². The molecule has 0 radical (unpaired) electrons. The van der Waals surface area contributed by atoms with Crippen LogP contribution < -0.4 is 14.8 Å². The SMILES string of the molecule is CCC(Oc1ccccc1C)C(=O)Nc1ccc(OC)cc1. The maximum absolute atomic E-state index is 12.3. The van der Waals surface area contributed by atoms with Crippen LogP contribution in [0, 0.1) is 6.92 Å². The molecule has 0 spiro atoms. The summed E-state index contributed by atoms with van der Waals surface area (Å²) in [5, 5.41) is 2.86. The Labute approximate surface area is 131 Å². The molecule has 0 aliphatic carbocycles. The van der Waals surface area contributed by atoms with Gasteiger partial charge in [-0.3, -0.25) is 4.79 Å². The molecule has 2 aromatic carbocycles. The maximum Gasteiger partial charge on any atom is 0.265 e. The molecule has 0 saturated heterocycles. The summed E-state index contributed by atoms with van der Waals surface area (Å²) in [6.07, 6.45) is 0.0688. The predicted molar refractivity (Wildman–Crippen MR) is 87.5 cm³/mol. The minimum atomic E-state index is -0.525. The summed E-state index contributed by atoms with van der Waals surface area (Å²) in [6.45, 7) is 3.89. The van der Waals surface area contributed by atoms with Gasteiger partial charge in [-0.15, -0.1) is 0 Å². The summed E-state index contributed by atoms with van der Waals surface area (Å²) in [4.78, 5) is 12.3. The van der Waals surface area contributed by atoms with Crippen LogP contribution in [0.3, 0.4) is 0 Å². The number of methoxy groups -OCH3 is 1.